The van der Waals surface area contributed by atoms with Crippen LogP contribution in [0.4, 0.5) is 0 Å². The largest absolute Gasteiger partial charge is 0.385 e. The molecule has 172 valence electrons. The van der Waals surface area contributed by atoms with Gasteiger partial charge >= 0.3 is 0 Å². The standard InChI is InChI=1S/C21H22N6O5S/c28-21(26-9-8-18(23-26)16-4-2-1-3-5-16)15-32-27-20-14-17(6-7-19(20)22-24-27)33(29,30)25-10-12-31-13-11-25/h1-7,14H,8-13,15H2. The van der Waals surface area contributed by atoms with Gasteiger partial charge in [0.05, 0.1) is 30.4 Å². The van der Waals surface area contributed by atoms with Crippen molar-refractivity contribution in [1.29, 1.82) is 0 Å². The molecule has 1 saturated heterocycles. The van der Waals surface area contributed by atoms with Crippen LogP contribution in [0.3, 0.4) is 0 Å². The Balaban J connectivity index is 1.30. The first-order chi connectivity index (χ1) is 16.0. The molecule has 33 heavy (non-hydrogen) atoms. The monoisotopic (exact) mass is 470 g/mol. The van der Waals surface area contributed by atoms with Gasteiger partial charge in [0, 0.05) is 19.5 Å². The van der Waals surface area contributed by atoms with Crippen molar-refractivity contribution in [1.82, 2.24) is 24.5 Å². The second-order valence-electron chi connectivity index (χ2n) is 7.58. The highest BCUT2D eigenvalue weighted by Gasteiger charge is 2.27. The highest BCUT2D eigenvalue weighted by atomic mass is 32.2. The molecule has 1 aromatic heterocycles. The molecule has 0 radical (unpaired) electrons. The van der Waals surface area contributed by atoms with E-state index < -0.39 is 10.0 Å². The van der Waals surface area contributed by atoms with Crippen LogP contribution >= 0.6 is 0 Å². The summed E-state index contributed by atoms with van der Waals surface area (Å²) in [7, 11) is -3.69. The van der Waals surface area contributed by atoms with Crippen molar-refractivity contribution < 1.29 is 22.8 Å². The van der Waals surface area contributed by atoms with Crippen molar-refractivity contribution in [2.75, 3.05) is 39.5 Å². The maximum absolute atomic E-state index is 13.0. The van der Waals surface area contributed by atoms with Crippen molar-refractivity contribution in [2.24, 2.45) is 5.10 Å². The molecule has 1 fully saturated rings. The van der Waals surface area contributed by atoms with E-state index in [9.17, 15) is 13.2 Å². The van der Waals surface area contributed by atoms with E-state index in [2.05, 4.69) is 15.4 Å². The predicted molar refractivity (Wildman–Crippen MR) is 118 cm³/mol. The number of ether oxygens (including phenoxy) is 1. The van der Waals surface area contributed by atoms with E-state index in [0.717, 1.165) is 16.1 Å². The minimum Gasteiger partial charge on any atom is -0.385 e. The third kappa shape index (κ3) is 4.32. The summed E-state index contributed by atoms with van der Waals surface area (Å²) in [6, 6.07) is 14.2. The van der Waals surface area contributed by atoms with Gasteiger partial charge in [-0.15, -0.1) is 5.10 Å². The van der Waals surface area contributed by atoms with Gasteiger partial charge < -0.3 is 9.57 Å². The van der Waals surface area contributed by atoms with Crippen LogP contribution in [0.25, 0.3) is 11.0 Å². The number of carbonyl (C=O) groups excluding carboxylic acids is 1. The van der Waals surface area contributed by atoms with Crippen LogP contribution in [0.2, 0.25) is 0 Å². The summed E-state index contributed by atoms with van der Waals surface area (Å²) < 4.78 is 32.5. The summed E-state index contributed by atoms with van der Waals surface area (Å²) in [5.41, 5.74) is 2.62. The van der Waals surface area contributed by atoms with E-state index in [1.807, 2.05) is 30.3 Å². The lowest BCUT2D eigenvalue weighted by molar-refractivity contribution is -0.136. The molecule has 2 aromatic carbocycles. The fourth-order valence-corrected chi connectivity index (χ4v) is 5.16. The number of hydrogen-bond acceptors (Lipinski definition) is 8. The van der Waals surface area contributed by atoms with E-state index in [-0.39, 0.29) is 17.4 Å². The van der Waals surface area contributed by atoms with Crippen LogP contribution in [0.5, 0.6) is 0 Å². The molecule has 0 spiro atoms. The Bertz CT molecular complexity index is 1300. The molecule has 12 heteroatoms. The van der Waals surface area contributed by atoms with E-state index >= 15 is 0 Å². The Morgan fingerprint density at radius 2 is 1.85 bits per heavy atom. The number of nitrogens with zero attached hydrogens (tertiary/aromatic N) is 6. The lowest BCUT2D eigenvalue weighted by Gasteiger charge is -2.26. The summed E-state index contributed by atoms with van der Waals surface area (Å²) in [6.45, 7) is 1.46. The number of rotatable bonds is 6. The van der Waals surface area contributed by atoms with Gasteiger partial charge in [0.25, 0.3) is 5.91 Å². The number of benzene rings is 2. The van der Waals surface area contributed by atoms with Crippen LogP contribution in [-0.2, 0) is 19.6 Å². The number of hydrogen-bond donors (Lipinski definition) is 0. The quantitative estimate of drug-likeness (QED) is 0.515. The minimum atomic E-state index is -3.69. The summed E-state index contributed by atoms with van der Waals surface area (Å²) in [6.07, 6.45) is 0.658. The number of hydrazone groups is 1. The molecule has 3 heterocycles. The maximum atomic E-state index is 13.0. The zero-order valence-corrected chi connectivity index (χ0v) is 18.5. The Labute approximate surface area is 190 Å². The molecule has 11 nitrogen and oxygen atoms in total. The molecule has 0 aliphatic carbocycles. The summed E-state index contributed by atoms with van der Waals surface area (Å²) in [5.74, 6) is -0.332. The van der Waals surface area contributed by atoms with Crippen LogP contribution < -0.4 is 4.84 Å². The van der Waals surface area contributed by atoms with Gasteiger partial charge in [0.15, 0.2) is 6.61 Å². The van der Waals surface area contributed by atoms with Crippen molar-refractivity contribution in [2.45, 2.75) is 11.3 Å². The summed E-state index contributed by atoms with van der Waals surface area (Å²) >= 11 is 0. The van der Waals surface area contributed by atoms with Gasteiger partial charge in [-0.1, -0.05) is 35.2 Å². The van der Waals surface area contributed by atoms with E-state index in [4.69, 9.17) is 9.57 Å². The van der Waals surface area contributed by atoms with E-state index in [1.54, 1.807) is 6.07 Å². The number of fused-ring (bicyclic) bond motifs is 1. The number of morpholine rings is 1. The normalized spacial score (nSPS) is 17.3. The molecule has 5 rings (SSSR count). The minimum absolute atomic E-state index is 0.104. The van der Waals surface area contributed by atoms with E-state index in [1.165, 1.54) is 21.4 Å². The first kappa shape index (κ1) is 21.5. The van der Waals surface area contributed by atoms with Crippen molar-refractivity contribution in [3.63, 3.8) is 0 Å². The third-order valence-corrected chi connectivity index (χ3v) is 7.40. The smallest absolute Gasteiger partial charge is 0.283 e. The Morgan fingerprint density at radius 1 is 1.06 bits per heavy atom. The fourth-order valence-electron chi connectivity index (χ4n) is 3.73. The second kappa shape index (κ2) is 8.89. The van der Waals surface area contributed by atoms with Gasteiger partial charge in [-0.3, -0.25) is 4.79 Å². The number of carbonyl (C=O) groups is 1. The van der Waals surface area contributed by atoms with Crippen molar-refractivity contribution in [3.05, 3.63) is 54.1 Å². The fraction of sp³-hybridized carbons (Fsp3) is 0.333. The molecule has 2 aliphatic rings. The second-order valence-corrected chi connectivity index (χ2v) is 9.52. The highest BCUT2D eigenvalue weighted by molar-refractivity contribution is 7.89. The number of sulfonamides is 1. The van der Waals surface area contributed by atoms with Crippen molar-refractivity contribution in [3.8, 4) is 0 Å². The highest BCUT2D eigenvalue weighted by Crippen LogP contribution is 2.21. The molecule has 2 aliphatic heterocycles. The predicted octanol–water partition coefficient (Wildman–Crippen LogP) is 0.517. The summed E-state index contributed by atoms with van der Waals surface area (Å²) in [4.78, 5) is 19.3. The van der Waals surface area contributed by atoms with Gasteiger partial charge in [-0.25, -0.2) is 13.4 Å². The first-order valence-electron chi connectivity index (χ1n) is 10.5. The molecule has 0 unspecified atom stereocenters. The molecule has 0 N–H and O–H groups in total. The average Bonchev–Trinajstić information content (AvgIpc) is 3.51. The number of amides is 1. The molecule has 0 saturated carbocycles. The Hall–Kier alpha value is -3.35. The Morgan fingerprint density at radius 3 is 2.64 bits per heavy atom. The van der Waals surface area contributed by atoms with Crippen LogP contribution in [0, 0.1) is 0 Å². The van der Waals surface area contributed by atoms with Gasteiger partial charge in [-0.2, -0.15) is 9.41 Å². The molecule has 0 bridgehead atoms. The van der Waals surface area contributed by atoms with Gasteiger partial charge in [0.2, 0.25) is 10.0 Å². The molecular weight excluding hydrogens is 448 g/mol. The zero-order valence-electron chi connectivity index (χ0n) is 17.7. The topological polar surface area (TPSA) is 119 Å². The third-order valence-electron chi connectivity index (χ3n) is 5.50. The van der Waals surface area contributed by atoms with Crippen molar-refractivity contribution >= 4 is 32.7 Å². The summed E-state index contributed by atoms with van der Waals surface area (Å²) in [5, 5.41) is 13.7. The van der Waals surface area contributed by atoms with E-state index in [0.29, 0.717) is 50.3 Å². The molecule has 0 atom stereocenters. The van der Waals surface area contributed by atoms with Crippen LogP contribution in [0.1, 0.15) is 12.0 Å². The van der Waals surface area contributed by atoms with Gasteiger partial charge in [0.1, 0.15) is 11.0 Å². The lowest BCUT2D eigenvalue weighted by Crippen LogP contribution is -2.40. The van der Waals surface area contributed by atoms with Crippen LogP contribution in [0.15, 0.2) is 58.5 Å². The van der Waals surface area contributed by atoms with Crippen LogP contribution in [-0.4, -0.2) is 84.0 Å². The average molecular weight is 471 g/mol. The molecular formula is C21H22N6O5S. The molecule has 3 aromatic rings. The lowest BCUT2D eigenvalue weighted by atomic mass is 10.1. The number of aromatic nitrogens is 3. The molecule has 1 amide bonds. The SMILES string of the molecule is O=C(COn1nnc2ccc(S(=O)(=O)N3CCOCC3)cc21)N1CCC(c2ccccc2)=N1. The zero-order chi connectivity index (χ0) is 22.8. The Kier molecular flexibility index (Phi) is 5.79. The maximum Gasteiger partial charge on any atom is 0.283 e. The van der Waals surface area contributed by atoms with Gasteiger partial charge in [-0.05, 0) is 29.0 Å². The first-order valence-corrected chi connectivity index (χ1v) is 12.0.